The summed E-state index contributed by atoms with van der Waals surface area (Å²) in [6, 6.07) is 5.91. The fourth-order valence-corrected chi connectivity index (χ4v) is 3.38. The average Bonchev–Trinajstić information content (AvgIpc) is 3.35. The molecule has 0 bridgehead atoms. The summed E-state index contributed by atoms with van der Waals surface area (Å²) in [6.07, 6.45) is 6.92. The Hall–Kier alpha value is -1.87. The number of rotatable bonds is 2. The Morgan fingerprint density at radius 2 is 2.14 bits per heavy atom. The zero-order valence-electron chi connectivity index (χ0n) is 12.5. The molecule has 0 spiro atoms. The molecule has 2 aliphatic rings. The molecular formula is C18H17ClN2O. The number of benzene rings is 1. The molecule has 4 rings (SSSR count). The van der Waals surface area contributed by atoms with Crippen LogP contribution >= 0.6 is 11.6 Å². The average molecular weight is 313 g/mol. The molecule has 0 radical (unpaired) electrons. The van der Waals surface area contributed by atoms with Crippen LogP contribution in [0.1, 0.15) is 45.8 Å². The Morgan fingerprint density at radius 1 is 1.32 bits per heavy atom. The number of aromatic nitrogens is 1. The molecule has 1 aliphatic heterocycles. The van der Waals surface area contributed by atoms with Crippen molar-refractivity contribution in [3.8, 4) is 0 Å². The highest BCUT2D eigenvalue weighted by atomic mass is 35.5. The summed E-state index contributed by atoms with van der Waals surface area (Å²) in [7, 11) is 0. The van der Waals surface area contributed by atoms with Crippen molar-refractivity contribution < 1.29 is 4.79 Å². The summed E-state index contributed by atoms with van der Waals surface area (Å²) >= 11 is 6.21. The van der Waals surface area contributed by atoms with Crippen molar-refractivity contribution in [2.75, 3.05) is 11.4 Å². The largest absolute Gasteiger partial charge is 0.306 e. The molecule has 4 heteroatoms. The van der Waals surface area contributed by atoms with Crippen molar-refractivity contribution in [3.05, 3.63) is 57.9 Å². The number of anilines is 1. The van der Waals surface area contributed by atoms with Gasteiger partial charge in [-0.25, -0.2) is 0 Å². The zero-order valence-corrected chi connectivity index (χ0v) is 13.2. The molecule has 3 nitrogen and oxygen atoms in total. The van der Waals surface area contributed by atoms with E-state index in [0.717, 1.165) is 28.8 Å². The highest BCUT2D eigenvalue weighted by molar-refractivity contribution is 6.32. The number of amides is 1. The van der Waals surface area contributed by atoms with Crippen LogP contribution in [0.2, 0.25) is 5.02 Å². The molecule has 0 atom stereocenters. The van der Waals surface area contributed by atoms with Gasteiger partial charge in [-0.05, 0) is 60.9 Å². The van der Waals surface area contributed by atoms with E-state index < -0.39 is 0 Å². The third-order valence-electron chi connectivity index (χ3n) is 4.61. The third-order valence-corrected chi connectivity index (χ3v) is 5.01. The molecule has 1 fully saturated rings. The monoisotopic (exact) mass is 312 g/mol. The number of carbonyl (C=O) groups is 1. The molecule has 1 saturated carbocycles. The van der Waals surface area contributed by atoms with Crippen LogP contribution in [-0.2, 0) is 6.42 Å². The second-order valence-electron chi connectivity index (χ2n) is 6.17. The first kappa shape index (κ1) is 13.8. The molecule has 1 aromatic carbocycles. The fraction of sp³-hybridized carbons (Fsp3) is 0.333. The first-order chi connectivity index (χ1) is 10.6. The normalized spacial score (nSPS) is 17.5. The lowest BCUT2D eigenvalue weighted by Crippen LogP contribution is -2.38. The molecule has 0 saturated heterocycles. The molecule has 0 N–H and O–H groups in total. The fourth-order valence-electron chi connectivity index (χ4n) is 3.22. The maximum absolute atomic E-state index is 12.9. The molecule has 0 unspecified atom stereocenters. The second kappa shape index (κ2) is 5.10. The molecular weight excluding hydrogens is 296 g/mol. The Bertz CT molecular complexity index is 768. The van der Waals surface area contributed by atoms with Crippen molar-refractivity contribution >= 4 is 23.2 Å². The van der Waals surface area contributed by atoms with E-state index in [1.54, 1.807) is 0 Å². The van der Waals surface area contributed by atoms with Crippen LogP contribution in [0.25, 0.3) is 0 Å². The van der Waals surface area contributed by atoms with E-state index >= 15 is 0 Å². The van der Waals surface area contributed by atoms with Crippen molar-refractivity contribution in [2.24, 2.45) is 0 Å². The Labute approximate surface area is 134 Å². The van der Waals surface area contributed by atoms with Gasteiger partial charge in [-0.1, -0.05) is 17.7 Å². The number of hydrogen-bond acceptors (Lipinski definition) is 2. The lowest BCUT2D eigenvalue weighted by molar-refractivity contribution is 0.0980. The zero-order chi connectivity index (χ0) is 15.3. The summed E-state index contributed by atoms with van der Waals surface area (Å²) < 4.78 is 0. The highest BCUT2D eigenvalue weighted by Gasteiger charge is 2.32. The van der Waals surface area contributed by atoms with Crippen LogP contribution in [-0.4, -0.2) is 17.4 Å². The quantitative estimate of drug-likeness (QED) is 0.835. The maximum Gasteiger partial charge on any atom is 0.258 e. The number of fused-ring (bicyclic) bond motifs is 1. The lowest BCUT2D eigenvalue weighted by Gasteiger charge is -2.30. The van der Waals surface area contributed by atoms with Gasteiger partial charge in [0.05, 0.1) is 11.9 Å². The molecule has 22 heavy (non-hydrogen) atoms. The molecule has 2 heterocycles. The molecule has 1 amide bonds. The Kier molecular flexibility index (Phi) is 3.19. The summed E-state index contributed by atoms with van der Waals surface area (Å²) in [4.78, 5) is 19.0. The minimum absolute atomic E-state index is 0.0399. The smallest absolute Gasteiger partial charge is 0.258 e. The Morgan fingerprint density at radius 3 is 2.91 bits per heavy atom. The summed E-state index contributed by atoms with van der Waals surface area (Å²) in [5, 5.41) is 0.655. The van der Waals surface area contributed by atoms with Gasteiger partial charge in [-0.3, -0.25) is 9.78 Å². The SMILES string of the molecule is Cc1cc2c(cc1Cl)C(=O)N(c1cnccc1C1CC1)CC2. The third kappa shape index (κ3) is 2.20. The van der Waals surface area contributed by atoms with Crippen LogP contribution in [0, 0.1) is 6.92 Å². The van der Waals surface area contributed by atoms with Gasteiger partial charge in [0.1, 0.15) is 0 Å². The topological polar surface area (TPSA) is 33.2 Å². The highest BCUT2D eigenvalue weighted by Crippen LogP contribution is 2.44. The van der Waals surface area contributed by atoms with Gasteiger partial charge in [-0.15, -0.1) is 0 Å². The van der Waals surface area contributed by atoms with E-state index in [0.29, 0.717) is 17.5 Å². The maximum atomic E-state index is 12.9. The van der Waals surface area contributed by atoms with E-state index in [1.165, 1.54) is 18.4 Å². The van der Waals surface area contributed by atoms with Crippen LogP contribution in [0.4, 0.5) is 5.69 Å². The van der Waals surface area contributed by atoms with E-state index in [4.69, 9.17) is 11.6 Å². The van der Waals surface area contributed by atoms with Gasteiger partial charge in [-0.2, -0.15) is 0 Å². The molecule has 2 aromatic rings. The van der Waals surface area contributed by atoms with Crippen molar-refractivity contribution in [3.63, 3.8) is 0 Å². The van der Waals surface area contributed by atoms with Crippen LogP contribution in [0.3, 0.4) is 0 Å². The minimum Gasteiger partial charge on any atom is -0.306 e. The summed E-state index contributed by atoms with van der Waals surface area (Å²) in [5.41, 5.74) is 5.08. The van der Waals surface area contributed by atoms with Crippen molar-refractivity contribution in [1.29, 1.82) is 0 Å². The van der Waals surface area contributed by atoms with Crippen LogP contribution in [0.5, 0.6) is 0 Å². The van der Waals surface area contributed by atoms with Gasteiger partial charge in [0.2, 0.25) is 0 Å². The van der Waals surface area contributed by atoms with E-state index in [-0.39, 0.29) is 5.91 Å². The standard InChI is InChI=1S/C18H17ClN2O/c1-11-8-13-5-7-21(18(22)15(13)9-16(11)19)17-10-20-6-4-14(17)12-2-3-12/h4,6,8-10,12H,2-3,5,7H2,1H3. The van der Waals surface area contributed by atoms with Gasteiger partial charge in [0.25, 0.3) is 5.91 Å². The minimum atomic E-state index is 0.0399. The number of aryl methyl sites for hydroxylation is 1. The first-order valence-corrected chi connectivity index (χ1v) is 8.08. The number of pyridine rings is 1. The van der Waals surface area contributed by atoms with E-state index in [9.17, 15) is 4.79 Å². The van der Waals surface area contributed by atoms with Crippen molar-refractivity contribution in [2.45, 2.75) is 32.1 Å². The number of carbonyl (C=O) groups excluding carboxylic acids is 1. The van der Waals surface area contributed by atoms with Gasteiger partial charge >= 0.3 is 0 Å². The molecule has 1 aliphatic carbocycles. The predicted molar refractivity (Wildman–Crippen MR) is 87.8 cm³/mol. The lowest BCUT2D eigenvalue weighted by atomic mass is 9.96. The van der Waals surface area contributed by atoms with Crippen LogP contribution < -0.4 is 4.90 Å². The molecule has 112 valence electrons. The number of hydrogen-bond donors (Lipinski definition) is 0. The van der Waals surface area contributed by atoms with Crippen LogP contribution in [0.15, 0.2) is 30.6 Å². The first-order valence-electron chi connectivity index (χ1n) is 7.70. The number of nitrogens with zero attached hydrogens (tertiary/aromatic N) is 2. The summed E-state index contributed by atoms with van der Waals surface area (Å²) in [5.74, 6) is 0.631. The van der Waals surface area contributed by atoms with Gasteiger partial charge in [0, 0.05) is 23.3 Å². The van der Waals surface area contributed by atoms with Gasteiger partial charge < -0.3 is 4.90 Å². The number of halogens is 1. The van der Waals surface area contributed by atoms with E-state index in [2.05, 4.69) is 11.1 Å². The van der Waals surface area contributed by atoms with E-state index in [1.807, 2.05) is 36.4 Å². The van der Waals surface area contributed by atoms with Gasteiger partial charge in [0.15, 0.2) is 0 Å². The second-order valence-corrected chi connectivity index (χ2v) is 6.58. The summed E-state index contributed by atoms with van der Waals surface area (Å²) in [6.45, 7) is 2.68. The molecule has 1 aromatic heterocycles. The Balaban J connectivity index is 1.76. The van der Waals surface area contributed by atoms with Crippen molar-refractivity contribution in [1.82, 2.24) is 4.98 Å². The predicted octanol–water partition coefficient (Wildman–Crippen LogP) is 4.12.